The lowest BCUT2D eigenvalue weighted by Gasteiger charge is -2.12. The van der Waals surface area contributed by atoms with Crippen molar-refractivity contribution in [2.24, 2.45) is 5.73 Å². The largest absolute Gasteiger partial charge is 0.444 e. The maximum absolute atomic E-state index is 5.88. The molecule has 2 aromatic rings. The molecule has 0 aliphatic carbocycles. The SMILES string of the molecule is NC1CCN(Cc2coc(-c3cccs3)n2)C1. The molecule has 0 radical (unpaired) electrons. The summed E-state index contributed by atoms with van der Waals surface area (Å²) in [6, 6.07) is 4.34. The Morgan fingerprint density at radius 2 is 2.53 bits per heavy atom. The van der Waals surface area contributed by atoms with Crippen LogP contribution in [0.3, 0.4) is 0 Å². The summed E-state index contributed by atoms with van der Waals surface area (Å²) in [5.74, 6) is 0.721. The van der Waals surface area contributed by atoms with Crippen molar-refractivity contribution in [3.63, 3.8) is 0 Å². The van der Waals surface area contributed by atoms with Crippen molar-refractivity contribution >= 4 is 11.3 Å². The first-order valence-corrected chi connectivity index (χ1v) is 6.65. The lowest BCUT2D eigenvalue weighted by Crippen LogP contribution is -2.26. The van der Waals surface area contributed by atoms with E-state index in [2.05, 4.69) is 9.88 Å². The summed E-state index contributed by atoms with van der Waals surface area (Å²) >= 11 is 1.64. The van der Waals surface area contributed by atoms with Crippen molar-refractivity contribution in [1.82, 2.24) is 9.88 Å². The molecular weight excluding hydrogens is 234 g/mol. The molecule has 5 heteroatoms. The molecule has 0 spiro atoms. The lowest BCUT2D eigenvalue weighted by atomic mass is 10.3. The van der Waals surface area contributed by atoms with Gasteiger partial charge in [0.25, 0.3) is 0 Å². The second-order valence-electron chi connectivity index (χ2n) is 4.41. The van der Waals surface area contributed by atoms with E-state index >= 15 is 0 Å². The van der Waals surface area contributed by atoms with Gasteiger partial charge in [0.15, 0.2) is 0 Å². The standard InChI is InChI=1S/C12H15N3OS/c13-9-3-4-15(6-9)7-10-8-16-12(14-10)11-2-1-5-17-11/h1-2,5,8-9H,3-4,6-7,13H2. The van der Waals surface area contributed by atoms with Gasteiger partial charge in [0.2, 0.25) is 5.89 Å². The molecule has 0 bridgehead atoms. The van der Waals surface area contributed by atoms with Gasteiger partial charge in [-0.1, -0.05) is 6.07 Å². The van der Waals surface area contributed by atoms with Crippen LogP contribution in [0.2, 0.25) is 0 Å². The first-order chi connectivity index (χ1) is 8.31. The van der Waals surface area contributed by atoms with Gasteiger partial charge in [0.1, 0.15) is 6.26 Å². The number of nitrogens with zero attached hydrogens (tertiary/aromatic N) is 2. The van der Waals surface area contributed by atoms with Gasteiger partial charge in [-0.2, -0.15) is 0 Å². The maximum atomic E-state index is 5.88. The molecule has 1 atom stereocenters. The topological polar surface area (TPSA) is 55.3 Å². The normalized spacial score (nSPS) is 21.1. The molecule has 3 heterocycles. The number of oxazole rings is 1. The highest BCUT2D eigenvalue weighted by Gasteiger charge is 2.20. The molecule has 1 aliphatic heterocycles. The number of thiophene rings is 1. The van der Waals surface area contributed by atoms with Gasteiger partial charge in [0, 0.05) is 25.7 Å². The van der Waals surface area contributed by atoms with Gasteiger partial charge in [-0.15, -0.1) is 11.3 Å². The van der Waals surface area contributed by atoms with Gasteiger partial charge < -0.3 is 10.2 Å². The van der Waals surface area contributed by atoms with E-state index in [0.717, 1.165) is 42.5 Å². The van der Waals surface area contributed by atoms with Crippen LogP contribution in [0.4, 0.5) is 0 Å². The number of hydrogen-bond acceptors (Lipinski definition) is 5. The molecule has 0 aromatic carbocycles. The first-order valence-electron chi connectivity index (χ1n) is 5.77. The van der Waals surface area contributed by atoms with E-state index in [-0.39, 0.29) is 0 Å². The van der Waals surface area contributed by atoms with Gasteiger partial charge in [-0.3, -0.25) is 4.90 Å². The quantitative estimate of drug-likeness (QED) is 0.903. The zero-order chi connectivity index (χ0) is 11.7. The highest BCUT2D eigenvalue weighted by molar-refractivity contribution is 7.13. The summed E-state index contributed by atoms with van der Waals surface area (Å²) in [5, 5.41) is 2.03. The third-order valence-corrected chi connectivity index (χ3v) is 3.84. The molecule has 2 aromatic heterocycles. The molecule has 0 amide bonds. The van der Waals surface area contributed by atoms with Gasteiger partial charge in [0.05, 0.1) is 10.6 Å². The molecule has 3 rings (SSSR count). The van der Waals surface area contributed by atoms with Crippen LogP contribution in [-0.2, 0) is 6.54 Å². The van der Waals surface area contributed by atoms with Crippen LogP contribution >= 0.6 is 11.3 Å². The van der Waals surface area contributed by atoms with E-state index in [9.17, 15) is 0 Å². The summed E-state index contributed by atoms with van der Waals surface area (Å²) in [6.07, 6.45) is 2.83. The Hall–Kier alpha value is -1.17. The van der Waals surface area contributed by atoms with Crippen molar-refractivity contribution < 1.29 is 4.42 Å². The minimum Gasteiger partial charge on any atom is -0.444 e. The molecule has 90 valence electrons. The van der Waals surface area contributed by atoms with Crippen molar-refractivity contribution in [2.45, 2.75) is 19.0 Å². The Bertz CT molecular complexity index is 480. The Balaban J connectivity index is 1.69. The number of aromatic nitrogens is 1. The third kappa shape index (κ3) is 2.41. The molecule has 1 unspecified atom stereocenters. The number of nitrogens with two attached hydrogens (primary N) is 1. The Kier molecular flexibility index (Phi) is 2.96. The summed E-state index contributed by atoms with van der Waals surface area (Å²) in [4.78, 5) is 7.90. The minimum atomic E-state index is 0.318. The van der Waals surface area contributed by atoms with Crippen LogP contribution in [0.1, 0.15) is 12.1 Å². The minimum absolute atomic E-state index is 0.318. The predicted octanol–water partition coefficient (Wildman–Crippen LogP) is 1.94. The zero-order valence-electron chi connectivity index (χ0n) is 9.50. The maximum Gasteiger partial charge on any atom is 0.236 e. The van der Waals surface area contributed by atoms with Gasteiger partial charge >= 0.3 is 0 Å². The molecule has 1 aliphatic rings. The van der Waals surface area contributed by atoms with Crippen molar-refractivity contribution in [3.05, 3.63) is 29.5 Å². The number of hydrogen-bond donors (Lipinski definition) is 1. The fourth-order valence-corrected chi connectivity index (χ4v) is 2.78. The molecule has 1 fully saturated rings. The van der Waals surface area contributed by atoms with Gasteiger partial charge in [-0.25, -0.2) is 4.98 Å². The Morgan fingerprint density at radius 3 is 3.24 bits per heavy atom. The van der Waals surface area contributed by atoms with E-state index in [4.69, 9.17) is 10.2 Å². The molecule has 17 heavy (non-hydrogen) atoms. The summed E-state index contributed by atoms with van der Waals surface area (Å²) in [7, 11) is 0. The highest BCUT2D eigenvalue weighted by atomic mass is 32.1. The van der Waals surface area contributed by atoms with Crippen molar-refractivity contribution in [1.29, 1.82) is 0 Å². The molecule has 0 saturated carbocycles. The van der Waals surface area contributed by atoms with Crippen LogP contribution < -0.4 is 5.73 Å². The number of rotatable bonds is 3. The van der Waals surface area contributed by atoms with Crippen molar-refractivity contribution in [2.75, 3.05) is 13.1 Å². The van der Waals surface area contributed by atoms with E-state index in [0.29, 0.717) is 6.04 Å². The van der Waals surface area contributed by atoms with E-state index in [1.165, 1.54) is 0 Å². The average molecular weight is 249 g/mol. The van der Waals surface area contributed by atoms with Crippen LogP contribution in [-0.4, -0.2) is 29.0 Å². The van der Waals surface area contributed by atoms with Crippen molar-refractivity contribution in [3.8, 4) is 10.8 Å². The monoisotopic (exact) mass is 249 g/mol. The number of likely N-dealkylation sites (tertiary alicyclic amines) is 1. The smallest absolute Gasteiger partial charge is 0.236 e. The van der Waals surface area contributed by atoms with Crippen LogP contribution in [0.25, 0.3) is 10.8 Å². The molecule has 1 saturated heterocycles. The van der Waals surface area contributed by atoms with Crippen LogP contribution in [0.15, 0.2) is 28.2 Å². The van der Waals surface area contributed by atoms with E-state index < -0.39 is 0 Å². The fraction of sp³-hybridized carbons (Fsp3) is 0.417. The summed E-state index contributed by atoms with van der Waals surface area (Å²) < 4.78 is 5.49. The predicted molar refractivity (Wildman–Crippen MR) is 67.7 cm³/mol. The highest BCUT2D eigenvalue weighted by Crippen LogP contribution is 2.24. The second kappa shape index (κ2) is 4.60. The summed E-state index contributed by atoms with van der Waals surface area (Å²) in [6.45, 7) is 2.85. The lowest BCUT2D eigenvalue weighted by molar-refractivity contribution is 0.322. The zero-order valence-corrected chi connectivity index (χ0v) is 10.3. The van der Waals surface area contributed by atoms with Gasteiger partial charge in [-0.05, 0) is 17.9 Å². The third-order valence-electron chi connectivity index (χ3n) is 2.98. The van der Waals surface area contributed by atoms with E-state index in [1.54, 1.807) is 17.6 Å². The molecular formula is C12H15N3OS. The second-order valence-corrected chi connectivity index (χ2v) is 5.35. The van der Waals surface area contributed by atoms with Crippen LogP contribution in [0.5, 0.6) is 0 Å². The fourth-order valence-electron chi connectivity index (χ4n) is 2.13. The van der Waals surface area contributed by atoms with E-state index in [1.807, 2.05) is 17.5 Å². The first kappa shape index (κ1) is 11.0. The molecule has 2 N–H and O–H groups in total. The molecule has 4 nitrogen and oxygen atoms in total. The average Bonchev–Trinajstić information content (AvgIpc) is 3.00. The van der Waals surface area contributed by atoms with Crippen LogP contribution in [0, 0.1) is 0 Å². The Morgan fingerprint density at radius 1 is 1.59 bits per heavy atom. The summed E-state index contributed by atoms with van der Waals surface area (Å²) in [5.41, 5.74) is 6.87. The Labute approximate surface area is 104 Å².